The Labute approximate surface area is 117 Å². The van der Waals surface area contributed by atoms with Crippen LogP contribution in [-0.4, -0.2) is 40.5 Å². The zero-order valence-corrected chi connectivity index (χ0v) is 11.5. The van der Waals surface area contributed by atoms with Gasteiger partial charge in [-0.15, -0.1) is 0 Å². The normalized spacial score (nSPS) is 21.4. The molecule has 2 aliphatic heterocycles. The zero-order chi connectivity index (χ0) is 14.2. The first-order valence-electron chi connectivity index (χ1n) is 6.88. The lowest BCUT2D eigenvalue weighted by Gasteiger charge is -2.31. The first kappa shape index (κ1) is 13.1. The number of urea groups is 1. The van der Waals surface area contributed by atoms with Gasteiger partial charge in [-0.1, -0.05) is 6.07 Å². The summed E-state index contributed by atoms with van der Waals surface area (Å²) in [7, 11) is 0. The Kier molecular flexibility index (Phi) is 3.17. The second-order valence-corrected chi connectivity index (χ2v) is 5.42. The van der Waals surface area contributed by atoms with E-state index in [1.165, 1.54) is 4.90 Å². The lowest BCUT2D eigenvalue weighted by atomic mass is 9.88. The van der Waals surface area contributed by atoms with E-state index in [2.05, 4.69) is 15.6 Å². The number of amides is 3. The van der Waals surface area contributed by atoms with E-state index in [1.54, 1.807) is 6.20 Å². The molecule has 0 atom stereocenters. The van der Waals surface area contributed by atoms with Crippen LogP contribution in [0.3, 0.4) is 0 Å². The molecule has 0 aromatic carbocycles. The van der Waals surface area contributed by atoms with E-state index in [1.807, 2.05) is 19.1 Å². The molecule has 3 heterocycles. The second-order valence-electron chi connectivity index (χ2n) is 5.42. The van der Waals surface area contributed by atoms with Gasteiger partial charge in [-0.2, -0.15) is 0 Å². The molecular weight excluding hydrogens is 256 g/mol. The Morgan fingerprint density at radius 3 is 2.80 bits per heavy atom. The van der Waals surface area contributed by atoms with Crippen molar-refractivity contribution in [1.82, 2.24) is 20.5 Å². The third-order valence-corrected chi connectivity index (χ3v) is 4.13. The molecule has 1 aromatic heterocycles. The molecule has 0 aliphatic carbocycles. The summed E-state index contributed by atoms with van der Waals surface area (Å²) < 4.78 is 0. The number of hydrogen-bond acceptors (Lipinski definition) is 4. The average molecular weight is 274 g/mol. The number of hydrogen-bond donors (Lipinski definition) is 2. The Morgan fingerprint density at radius 1 is 1.35 bits per heavy atom. The van der Waals surface area contributed by atoms with Crippen molar-refractivity contribution in [3.8, 4) is 0 Å². The molecule has 0 unspecified atom stereocenters. The van der Waals surface area contributed by atoms with Crippen molar-refractivity contribution in [3.63, 3.8) is 0 Å². The molecule has 1 spiro atoms. The van der Waals surface area contributed by atoms with Gasteiger partial charge in [0.1, 0.15) is 5.54 Å². The standard InChI is InChI=1S/C14H18N4O2/c1-10-3-2-6-16-11(10)9-18-12(19)14(17-13(18)20)4-7-15-8-5-14/h2-3,6,15H,4-5,7-9H2,1H3,(H,17,20). The molecule has 0 radical (unpaired) electrons. The third kappa shape index (κ3) is 2.06. The lowest BCUT2D eigenvalue weighted by Crippen LogP contribution is -2.53. The lowest BCUT2D eigenvalue weighted by molar-refractivity contribution is -0.132. The molecule has 6 heteroatoms. The number of imide groups is 1. The van der Waals surface area contributed by atoms with Crippen LogP contribution in [0, 0.1) is 6.92 Å². The molecule has 3 amide bonds. The molecule has 3 rings (SSSR count). The van der Waals surface area contributed by atoms with Crippen LogP contribution in [0.15, 0.2) is 18.3 Å². The zero-order valence-electron chi connectivity index (χ0n) is 11.5. The van der Waals surface area contributed by atoms with Gasteiger partial charge in [0, 0.05) is 6.20 Å². The number of aryl methyl sites for hydroxylation is 1. The van der Waals surface area contributed by atoms with Crippen molar-refractivity contribution in [2.45, 2.75) is 31.8 Å². The van der Waals surface area contributed by atoms with E-state index in [0.29, 0.717) is 12.8 Å². The quantitative estimate of drug-likeness (QED) is 0.773. The van der Waals surface area contributed by atoms with Gasteiger partial charge in [0.05, 0.1) is 12.2 Å². The topological polar surface area (TPSA) is 74.3 Å². The highest BCUT2D eigenvalue weighted by Gasteiger charge is 2.51. The van der Waals surface area contributed by atoms with E-state index >= 15 is 0 Å². The third-order valence-electron chi connectivity index (χ3n) is 4.13. The van der Waals surface area contributed by atoms with Crippen molar-refractivity contribution in [3.05, 3.63) is 29.6 Å². The molecule has 2 N–H and O–H groups in total. The summed E-state index contributed by atoms with van der Waals surface area (Å²) in [5, 5.41) is 6.09. The predicted octanol–water partition coefficient (Wildman–Crippen LogP) is 0.564. The number of rotatable bonds is 2. The van der Waals surface area contributed by atoms with E-state index in [9.17, 15) is 9.59 Å². The molecule has 2 aliphatic rings. The van der Waals surface area contributed by atoms with Gasteiger partial charge in [-0.3, -0.25) is 14.7 Å². The number of pyridine rings is 1. The van der Waals surface area contributed by atoms with Crippen molar-refractivity contribution >= 4 is 11.9 Å². The van der Waals surface area contributed by atoms with Crippen LogP contribution in [-0.2, 0) is 11.3 Å². The van der Waals surface area contributed by atoms with E-state index < -0.39 is 5.54 Å². The minimum absolute atomic E-state index is 0.117. The molecular formula is C14H18N4O2. The van der Waals surface area contributed by atoms with E-state index in [0.717, 1.165) is 24.3 Å². The molecule has 2 saturated heterocycles. The highest BCUT2D eigenvalue weighted by molar-refractivity contribution is 6.07. The maximum Gasteiger partial charge on any atom is 0.325 e. The van der Waals surface area contributed by atoms with Crippen LogP contribution >= 0.6 is 0 Å². The Morgan fingerprint density at radius 2 is 2.10 bits per heavy atom. The van der Waals surface area contributed by atoms with Gasteiger partial charge in [-0.05, 0) is 44.5 Å². The summed E-state index contributed by atoms with van der Waals surface area (Å²) >= 11 is 0. The largest absolute Gasteiger partial charge is 0.325 e. The molecule has 2 fully saturated rings. The maximum atomic E-state index is 12.6. The summed E-state index contributed by atoms with van der Waals surface area (Å²) in [6.45, 7) is 3.68. The van der Waals surface area contributed by atoms with Crippen LogP contribution < -0.4 is 10.6 Å². The molecule has 1 aromatic rings. The minimum atomic E-state index is -0.703. The fraction of sp³-hybridized carbons (Fsp3) is 0.500. The number of nitrogens with one attached hydrogen (secondary N) is 2. The van der Waals surface area contributed by atoms with Gasteiger partial charge in [0.2, 0.25) is 0 Å². The van der Waals surface area contributed by atoms with E-state index in [-0.39, 0.29) is 18.5 Å². The van der Waals surface area contributed by atoms with Gasteiger partial charge in [0.15, 0.2) is 0 Å². The minimum Gasteiger partial charge on any atom is -0.323 e. The molecule has 0 saturated carbocycles. The molecule has 6 nitrogen and oxygen atoms in total. The maximum absolute atomic E-state index is 12.6. The highest BCUT2D eigenvalue weighted by Crippen LogP contribution is 2.28. The van der Waals surface area contributed by atoms with Gasteiger partial charge in [0.25, 0.3) is 5.91 Å². The monoisotopic (exact) mass is 274 g/mol. The highest BCUT2D eigenvalue weighted by atomic mass is 16.2. The van der Waals surface area contributed by atoms with Gasteiger partial charge < -0.3 is 10.6 Å². The van der Waals surface area contributed by atoms with Crippen molar-refractivity contribution in [1.29, 1.82) is 0 Å². The van der Waals surface area contributed by atoms with Crippen LogP contribution in [0.2, 0.25) is 0 Å². The van der Waals surface area contributed by atoms with Crippen molar-refractivity contribution in [2.24, 2.45) is 0 Å². The van der Waals surface area contributed by atoms with Crippen molar-refractivity contribution < 1.29 is 9.59 Å². The number of aromatic nitrogens is 1. The Bertz CT molecular complexity index is 552. The fourth-order valence-electron chi connectivity index (χ4n) is 2.85. The van der Waals surface area contributed by atoms with Crippen molar-refractivity contribution in [2.75, 3.05) is 13.1 Å². The van der Waals surface area contributed by atoms with Gasteiger partial charge in [-0.25, -0.2) is 4.79 Å². The van der Waals surface area contributed by atoms with E-state index in [4.69, 9.17) is 0 Å². The number of nitrogens with zero attached hydrogens (tertiary/aromatic N) is 2. The summed E-state index contributed by atoms with van der Waals surface area (Å²) in [6, 6.07) is 3.47. The molecule has 20 heavy (non-hydrogen) atoms. The second kappa shape index (κ2) is 4.86. The number of carbonyl (C=O) groups is 2. The molecule has 106 valence electrons. The summed E-state index contributed by atoms with van der Waals surface area (Å²) in [6.07, 6.45) is 2.98. The first-order chi connectivity index (χ1) is 9.62. The predicted molar refractivity (Wildman–Crippen MR) is 72.9 cm³/mol. The van der Waals surface area contributed by atoms with Crippen LogP contribution in [0.1, 0.15) is 24.1 Å². The Balaban J connectivity index is 1.82. The number of piperidine rings is 1. The Hall–Kier alpha value is -1.95. The van der Waals surface area contributed by atoms with Crippen LogP contribution in [0.5, 0.6) is 0 Å². The summed E-state index contributed by atoms with van der Waals surface area (Å²) in [4.78, 5) is 30.3. The van der Waals surface area contributed by atoms with Crippen LogP contribution in [0.25, 0.3) is 0 Å². The SMILES string of the molecule is Cc1cccnc1CN1C(=O)NC2(CCNCC2)C1=O. The first-order valence-corrected chi connectivity index (χ1v) is 6.88. The molecule has 0 bridgehead atoms. The van der Waals surface area contributed by atoms with Crippen LogP contribution in [0.4, 0.5) is 4.79 Å². The fourth-order valence-corrected chi connectivity index (χ4v) is 2.85. The van der Waals surface area contributed by atoms with Gasteiger partial charge >= 0.3 is 6.03 Å². The number of carbonyl (C=O) groups excluding carboxylic acids is 2. The smallest absolute Gasteiger partial charge is 0.323 e. The summed E-state index contributed by atoms with van der Waals surface area (Å²) in [5.41, 5.74) is 1.05. The summed E-state index contributed by atoms with van der Waals surface area (Å²) in [5.74, 6) is -0.117. The average Bonchev–Trinajstić information content (AvgIpc) is 2.66.